The first-order chi connectivity index (χ1) is 12.5. The smallest absolute Gasteiger partial charge is 0.233 e. The number of ether oxygens (including phenoxy) is 2. The molecule has 0 aliphatic heterocycles. The number of rotatable bonds is 8. The summed E-state index contributed by atoms with van der Waals surface area (Å²) < 4.78 is 10.6. The highest BCUT2D eigenvalue weighted by Gasteiger charge is 2.20. The molecule has 1 amide bonds. The van der Waals surface area contributed by atoms with Crippen molar-refractivity contribution in [2.45, 2.75) is 36.5 Å². The summed E-state index contributed by atoms with van der Waals surface area (Å²) in [6, 6.07) is 13.1. The predicted octanol–water partition coefficient (Wildman–Crippen LogP) is 5.11. The van der Waals surface area contributed by atoms with Crippen LogP contribution >= 0.6 is 23.4 Å². The SMILES string of the molecule is CC[C@@H](Sc1ccc(Cl)cc1)C(=O)N[C@@H](C)c1ccc(OC)c(OC)c1. The van der Waals surface area contributed by atoms with Gasteiger partial charge < -0.3 is 14.8 Å². The standard InChI is InChI=1S/C20H24ClNO3S/c1-5-19(26-16-9-7-15(21)8-10-16)20(23)22-13(2)14-6-11-17(24-3)18(12-14)25-4/h6-13,19H,5H2,1-4H3,(H,22,23)/t13-,19+/m0/s1. The number of carbonyl (C=O) groups excluding carboxylic acids is 1. The molecule has 140 valence electrons. The molecule has 2 aromatic carbocycles. The van der Waals surface area contributed by atoms with Crippen LogP contribution in [0, 0.1) is 0 Å². The van der Waals surface area contributed by atoms with E-state index in [9.17, 15) is 4.79 Å². The minimum absolute atomic E-state index is 0.00901. The van der Waals surface area contributed by atoms with Crippen LogP contribution < -0.4 is 14.8 Å². The highest BCUT2D eigenvalue weighted by atomic mass is 35.5. The normalized spacial score (nSPS) is 13.0. The second kappa shape index (κ2) is 9.74. The van der Waals surface area contributed by atoms with Gasteiger partial charge in [0.05, 0.1) is 25.5 Å². The summed E-state index contributed by atoms with van der Waals surface area (Å²) in [5.74, 6) is 1.32. The molecule has 1 N–H and O–H groups in total. The molecule has 0 radical (unpaired) electrons. The van der Waals surface area contributed by atoms with E-state index in [-0.39, 0.29) is 17.2 Å². The van der Waals surface area contributed by atoms with Crippen LogP contribution in [0.3, 0.4) is 0 Å². The average Bonchev–Trinajstić information content (AvgIpc) is 2.66. The number of nitrogens with one attached hydrogen (secondary N) is 1. The van der Waals surface area contributed by atoms with E-state index in [2.05, 4.69) is 5.32 Å². The van der Waals surface area contributed by atoms with Crippen LogP contribution in [0.5, 0.6) is 11.5 Å². The Bertz CT molecular complexity index is 736. The summed E-state index contributed by atoms with van der Waals surface area (Å²) >= 11 is 7.46. The first-order valence-corrected chi connectivity index (χ1v) is 9.68. The number of amides is 1. The highest BCUT2D eigenvalue weighted by molar-refractivity contribution is 8.00. The summed E-state index contributed by atoms with van der Waals surface area (Å²) in [6.45, 7) is 3.97. The molecule has 0 aliphatic rings. The van der Waals surface area contributed by atoms with Crippen LogP contribution in [0.4, 0.5) is 0 Å². The monoisotopic (exact) mass is 393 g/mol. The van der Waals surface area contributed by atoms with Gasteiger partial charge in [-0.05, 0) is 55.3 Å². The third-order valence-corrected chi connectivity index (χ3v) is 5.65. The number of carbonyl (C=O) groups is 1. The lowest BCUT2D eigenvalue weighted by molar-refractivity contribution is -0.121. The summed E-state index contributed by atoms with van der Waals surface area (Å²) in [5, 5.41) is 3.61. The third-order valence-electron chi connectivity index (χ3n) is 4.02. The zero-order valence-corrected chi connectivity index (χ0v) is 17.0. The molecule has 26 heavy (non-hydrogen) atoms. The van der Waals surface area contributed by atoms with E-state index in [4.69, 9.17) is 21.1 Å². The molecule has 6 heteroatoms. The summed E-state index contributed by atoms with van der Waals surface area (Å²) in [7, 11) is 3.20. The van der Waals surface area contributed by atoms with Crippen molar-refractivity contribution in [2.24, 2.45) is 0 Å². The molecule has 0 spiro atoms. The lowest BCUT2D eigenvalue weighted by Crippen LogP contribution is -2.34. The van der Waals surface area contributed by atoms with Crippen molar-refractivity contribution >= 4 is 29.3 Å². The van der Waals surface area contributed by atoms with Crippen LogP contribution in [0.1, 0.15) is 31.9 Å². The van der Waals surface area contributed by atoms with E-state index in [1.54, 1.807) is 26.0 Å². The summed E-state index contributed by atoms with van der Waals surface area (Å²) in [4.78, 5) is 13.7. The lowest BCUT2D eigenvalue weighted by atomic mass is 10.1. The van der Waals surface area contributed by atoms with Crippen molar-refractivity contribution in [1.29, 1.82) is 0 Å². The van der Waals surface area contributed by atoms with Crippen molar-refractivity contribution in [2.75, 3.05) is 14.2 Å². The molecule has 0 aromatic heterocycles. The van der Waals surface area contributed by atoms with Gasteiger partial charge >= 0.3 is 0 Å². The fraction of sp³-hybridized carbons (Fsp3) is 0.350. The van der Waals surface area contributed by atoms with Gasteiger partial charge in [-0.15, -0.1) is 11.8 Å². The highest BCUT2D eigenvalue weighted by Crippen LogP contribution is 2.31. The van der Waals surface area contributed by atoms with Gasteiger partial charge in [0.15, 0.2) is 11.5 Å². The topological polar surface area (TPSA) is 47.6 Å². The second-order valence-corrected chi connectivity index (χ2v) is 7.53. The summed E-state index contributed by atoms with van der Waals surface area (Å²) in [6.07, 6.45) is 0.734. The zero-order valence-electron chi connectivity index (χ0n) is 15.4. The van der Waals surface area contributed by atoms with Crippen molar-refractivity contribution in [1.82, 2.24) is 5.32 Å². The molecular weight excluding hydrogens is 370 g/mol. The second-order valence-electron chi connectivity index (χ2n) is 5.81. The van der Waals surface area contributed by atoms with Crippen LogP contribution in [0.2, 0.25) is 5.02 Å². The Balaban J connectivity index is 2.05. The molecule has 4 nitrogen and oxygen atoms in total. The van der Waals surface area contributed by atoms with Crippen molar-refractivity contribution in [3.8, 4) is 11.5 Å². The molecule has 0 fully saturated rings. The van der Waals surface area contributed by atoms with Crippen molar-refractivity contribution in [3.63, 3.8) is 0 Å². The molecule has 0 bridgehead atoms. The Kier molecular flexibility index (Phi) is 7.66. The van der Waals surface area contributed by atoms with Gasteiger partial charge in [-0.25, -0.2) is 0 Å². The molecule has 2 atom stereocenters. The third kappa shape index (κ3) is 5.32. The maximum atomic E-state index is 12.7. The molecular formula is C20H24ClNO3S. The van der Waals surface area contributed by atoms with E-state index in [1.807, 2.05) is 56.3 Å². The minimum Gasteiger partial charge on any atom is -0.493 e. The number of hydrogen-bond acceptors (Lipinski definition) is 4. The van der Waals surface area contributed by atoms with Gasteiger partial charge in [0.1, 0.15) is 0 Å². The molecule has 0 saturated carbocycles. The lowest BCUT2D eigenvalue weighted by Gasteiger charge is -2.20. The van der Waals surface area contributed by atoms with Gasteiger partial charge in [0, 0.05) is 9.92 Å². The van der Waals surface area contributed by atoms with Gasteiger partial charge in [-0.2, -0.15) is 0 Å². The zero-order chi connectivity index (χ0) is 19.1. The van der Waals surface area contributed by atoms with E-state index in [0.29, 0.717) is 16.5 Å². The van der Waals surface area contributed by atoms with E-state index >= 15 is 0 Å². The number of hydrogen-bond donors (Lipinski definition) is 1. The van der Waals surface area contributed by atoms with Crippen LogP contribution in [-0.4, -0.2) is 25.4 Å². The Morgan fingerprint density at radius 1 is 1.12 bits per heavy atom. The quantitative estimate of drug-likeness (QED) is 0.633. The molecule has 0 unspecified atom stereocenters. The largest absolute Gasteiger partial charge is 0.493 e. The van der Waals surface area contributed by atoms with E-state index < -0.39 is 0 Å². The van der Waals surface area contributed by atoms with Crippen LogP contribution in [-0.2, 0) is 4.79 Å². The Hall–Kier alpha value is -1.85. The number of benzene rings is 2. The summed E-state index contributed by atoms with van der Waals surface area (Å²) in [5.41, 5.74) is 0.961. The predicted molar refractivity (Wildman–Crippen MR) is 107 cm³/mol. The average molecular weight is 394 g/mol. The Morgan fingerprint density at radius 3 is 2.35 bits per heavy atom. The van der Waals surface area contributed by atoms with Gasteiger partial charge in [-0.1, -0.05) is 24.6 Å². The minimum atomic E-state index is -0.168. The van der Waals surface area contributed by atoms with E-state index in [1.165, 1.54) is 0 Å². The van der Waals surface area contributed by atoms with E-state index in [0.717, 1.165) is 16.9 Å². The van der Waals surface area contributed by atoms with Crippen LogP contribution in [0.25, 0.3) is 0 Å². The first kappa shape index (κ1) is 20.5. The molecule has 2 rings (SSSR count). The fourth-order valence-electron chi connectivity index (χ4n) is 2.51. The van der Waals surface area contributed by atoms with Gasteiger partial charge in [0.2, 0.25) is 5.91 Å². The fourth-order valence-corrected chi connectivity index (χ4v) is 3.60. The van der Waals surface area contributed by atoms with Gasteiger partial charge in [-0.3, -0.25) is 4.79 Å². The molecule has 0 saturated heterocycles. The first-order valence-electron chi connectivity index (χ1n) is 8.43. The number of thioether (sulfide) groups is 1. The van der Waals surface area contributed by atoms with Crippen molar-refractivity contribution in [3.05, 3.63) is 53.1 Å². The molecule has 2 aromatic rings. The maximum Gasteiger partial charge on any atom is 0.233 e. The Morgan fingerprint density at radius 2 is 1.77 bits per heavy atom. The van der Waals surface area contributed by atoms with Crippen LogP contribution in [0.15, 0.2) is 47.4 Å². The molecule has 0 heterocycles. The van der Waals surface area contributed by atoms with Crippen molar-refractivity contribution < 1.29 is 14.3 Å². The Labute approximate surface area is 164 Å². The number of methoxy groups -OCH3 is 2. The maximum absolute atomic E-state index is 12.7. The van der Waals surface area contributed by atoms with Gasteiger partial charge in [0.25, 0.3) is 0 Å². The molecule has 0 aliphatic carbocycles. The number of halogens is 1.